The summed E-state index contributed by atoms with van der Waals surface area (Å²) in [5.41, 5.74) is 6.16. The van der Waals surface area contributed by atoms with E-state index >= 15 is 0 Å². The monoisotopic (exact) mass is 442 g/mol. The van der Waals surface area contributed by atoms with Crippen LogP contribution in [0.25, 0.3) is 0 Å². The molecule has 1 aromatic heterocycles. The van der Waals surface area contributed by atoms with E-state index in [1.165, 1.54) is 40.0 Å². The molecule has 2 fully saturated rings. The van der Waals surface area contributed by atoms with Gasteiger partial charge in [0.2, 0.25) is 0 Å². The van der Waals surface area contributed by atoms with Gasteiger partial charge < -0.3 is 25.8 Å². The minimum Gasteiger partial charge on any atom is -0.465 e. The number of piperidine rings is 1. The van der Waals surface area contributed by atoms with Crippen LogP contribution in [-0.4, -0.2) is 57.6 Å². The van der Waals surface area contributed by atoms with Gasteiger partial charge in [-0.3, -0.25) is 9.48 Å². The fraction of sp³-hybridized carbons (Fsp3) is 0.429. The SMILES string of the molecule is N#C[C@@H]1C(C2CCOC2)N(C(=O)O)CC[C@@H]1n1cc(C(N)=O)c(Nc2ccc(F)cc2)n1. The van der Waals surface area contributed by atoms with E-state index in [1.54, 1.807) is 0 Å². The molecule has 0 bridgehead atoms. The summed E-state index contributed by atoms with van der Waals surface area (Å²) in [5, 5.41) is 27.1. The summed E-state index contributed by atoms with van der Waals surface area (Å²) in [4.78, 5) is 25.2. The summed E-state index contributed by atoms with van der Waals surface area (Å²) in [6.45, 7) is 1.14. The van der Waals surface area contributed by atoms with Crippen LogP contribution in [0.5, 0.6) is 0 Å². The van der Waals surface area contributed by atoms with Gasteiger partial charge in [0.25, 0.3) is 5.91 Å². The van der Waals surface area contributed by atoms with E-state index < -0.39 is 35.8 Å². The van der Waals surface area contributed by atoms with Crippen LogP contribution in [0, 0.1) is 29.0 Å². The lowest BCUT2D eigenvalue weighted by molar-refractivity contribution is 0.0351. The van der Waals surface area contributed by atoms with Crippen molar-refractivity contribution >= 4 is 23.5 Å². The highest BCUT2D eigenvalue weighted by Crippen LogP contribution is 2.39. The predicted octanol–water partition coefficient (Wildman–Crippen LogP) is 2.33. The Morgan fingerprint density at radius 3 is 2.66 bits per heavy atom. The summed E-state index contributed by atoms with van der Waals surface area (Å²) in [6.07, 6.45) is 1.42. The molecule has 10 nitrogen and oxygen atoms in total. The van der Waals surface area contributed by atoms with Crippen LogP contribution in [0.3, 0.4) is 0 Å². The molecule has 168 valence electrons. The molecule has 2 amide bonds. The lowest BCUT2D eigenvalue weighted by Gasteiger charge is -2.43. The summed E-state index contributed by atoms with van der Waals surface area (Å²) < 4.78 is 20.2. The minimum absolute atomic E-state index is 0.0958. The number of nitrogens with two attached hydrogens (primary N) is 1. The molecule has 0 radical (unpaired) electrons. The van der Waals surface area contributed by atoms with Crippen molar-refractivity contribution in [2.24, 2.45) is 17.6 Å². The molecule has 0 spiro atoms. The number of rotatable bonds is 5. The number of halogens is 1. The standard InChI is InChI=1S/C21H23FN6O4/c22-13-1-3-14(4-2-13)25-20-16(19(24)29)10-28(26-20)17-5-7-27(21(30)31)18(15(17)9-23)12-6-8-32-11-12/h1-4,10,12,15,17-18H,5-8,11H2,(H2,24,29)(H,25,26)(H,30,31)/t12?,15-,17-,18?/m0/s1. The molecule has 2 saturated heterocycles. The highest BCUT2D eigenvalue weighted by molar-refractivity contribution is 5.98. The molecule has 0 aliphatic carbocycles. The number of amides is 2. The second-order valence-electron chi connectivity index (χ2n) is 7.97. The smallest absolute Gasteiger partial charge is 0.407 e. The van der Waals surface area contributed by atoms with Gasteiger partial charge in [0.1, 0.15) is 11.4 Å². The largest absolute Gasteiger partial charge is 0.465 e. The first-order valence-corrected chi connectivity index (χ1v) is 10.3. The van der Waals surface area contributed by atoms with E-state index in [1.807, 2.05) is 0 Å². The van der Waals surface area contributed by atoms with Crippen molar-refractivity contribution in [2.75, 3.05) is 25.1 Å². The van der Waals surface area contributed by atoms with Gasteiger partial charge in [-0.25, -0.2) is 9.18 Å². The van der Waals surface area contributed by atoms with Crippen molar-refractivity contribution in [3.8, 4) is 6.07 Å². The van der Waals surface area contributed by atoms with Crippen LogP contribution in [0.1, 0.15) is 29.2 Å². The number of likely N-dealkylation sites (tertiary alicyclic amines) is 1. The zero-order chi connectivity index (χ0) is 22.8. The Kier molecular flexibility index (Phi) is 5.96. The van der Waals surface area contributed by atoms with E-state index in [0.717, 1.165) is 0 Å². The topological polar surface area (TPSA) is 146 Å². The molecule has 2 unspecified atom stereocenters. The first kappa shape index (κ1) is 21.6. The van der Waals surface area contributed by atoms with Gasteiger partial charge in [-0.2, -0.15) is 10.4 Å². The maximum Gasteiger partial charge on any atom is 0.407 e. The third kappa shape index (κ3) is 4.09. The van der Waals surface area contributed by atoms with Crippen molar-refractivity contribution in [1.29, 1.82) is 5.26 Å². The highest BCUT2D eigenvalue weighted by Gasteiger charge is 2.46. The van der Waals surface area contributed by atoms with Crippen LogP contribution in [0.2, 0.25) is 0 Å². The van der Waals surface area contributed by atoms with Crippen LogP contribution >= 0.6 is 0 Å². The summed E-state index contributed by atoms with van der Waals surface area (Å²) in [6, 6.07) is 6.81. The normalized spacial score (nSPS) is 25.3. The maximum absolute atomic E-state index is 13.2. The van der Waals surface area contributed by atoms with Gasteiger partial charge in [-0.15, -0.1) is 0 Å². The number of hydrogen-bond acceptors (Lipinski definition) is 6. The van der Waals surface area contributed by atoms with Crippen LogP contribution < -0.4 is 11.1 Å². The second-order valence-corrected chi connectivity index (χ2v) is 7.97. The van der Waals surface area contributed by atoms with Crippen molar-refractivity contribution in [1.82, 2.24) is 14.7 Å². The van der Waals surface area contributed by atoms with E-state index in [2.05, 4.69) is 16.5 Å². The van der Waals surface area contributed by atoms with Gasteiger partial charge >= 0.3 is 6.09 Å². The van der Waals surface area contributed by atoms with Crippen molar-refractivity contribution in [3.05, 3.63) is 41.8 Å². The third-order valence-corrected chi connectivity index (χ3v) is 6.09. The first-order chi connectivity index (χ1) is 15.4. The molecular weight excluding hydrogens is 419 g/mol. The number of nitrogens with one attached hydrogen (secondary N) is 1. The number of anilines is 2. The number of carboxylic acid groups (broad SMARTS) is 1. The quantitative estimate of drug-likeness (QED) is 0.644. The van der Waals surface area contributed by atoms with E-state index in [0.29, 0.717) is 31.7 Å². The second kappa shape index (κ2) is 8.84. The zero-order valence-corrected chi connectivity index (χ0v) is 17.1. The Morgan fingerprint density at radius 1 is 1.31 bits per heavy atom. The number of aromatic nitrogens is 2. The number of primary amides is 1. The highest BCUT2D eigenvalue weighted by atomic mass is 19.1. The molecule has 0 saturated carbocycles. The third-order valence-electron chi connectivity index (χ3n) is 6.09. The molecule has 2 aromatic rings. The summed E-state index contributed by atoms with van der Waals surface area (Å²) in [5.74, 6) is -1.71. The number of nitriles is 1. The molecule has 4 rings (SSSR count). The van der Waals surface area contributed by atoms with Crippen LogP contribution in [0.4, 0.5) is 20.7 Å². The van der Waals surface area contributed by atoms with Crippen molar-refractivity contribution < 1.29 is 23.8 Å². The van der Waals surface area contributed by atoms with Crippen molar-refractivity contribution in [2.45, 2.75) is 24.9 Å². The van der Waals surface area contributed by atoms with E-state index in [-0.39, 0.29) is 23.8 Å². The Morgan fingerprint density at radius 2 is 2.06 bits per heavy atom. The molecule has 2 aliphatic heterocycles. The molecule has 4 N–H and O–H groups in total. The fourth-order valence-electron chi connectivity index (χ4n) is 4.58. The first-order valence-electron chi connectivity index (χ1n) is 10.3. The lowest BCUT2D eigenvalue weighted by atomic mass is 9.78. The van der Waals surface area contributed by atoms with E-state index in [4.69, 9.17) is 10.5 Å². The van der Waals surface area contributed by atoms with E-state index in [9.17, 15) is 24.3 Å². The van der Waals surface area contributed by atoms with Gasteiger partial charge in [0.15, 0.2) is 5.82 Å². The van der Waals surface area contributed by atoms with Gasteiger partial charge in [0, 0.05) is 31.0 Å². The summed E-state index contributed by atoms with van der Waals surface area (Å²) in [7, 11) is 0. The van der Waals surface area contributed by atoms with Crippen LogP contribution in [0.15, 0.2) is 30.5 Å². The number of carbonyl (C=O) groups is 2. The Hall–Kier alpha value is -3.65. The fourth-order valence-corrected chi connectivity index (χ4v) is 4.58. The molecule has 1 aromatic carbocycles. The van der Waals surface area contributed by atoms with Gasteiger partial charge in [-0.05, 0) is 37.1 Å². The number of carbonyl (C=O) groups excluding carboxylic acids is 1. The van der Waals surface area contributed by atoms with Crippen LogP contribution in [-0.2, 0) is 4.74 Å². The van der Waals surface area contributed by atoms with Gasteiger partial charge in [-0.1, -0.05) is 0 Å². The number of hydrogen-bond donors (Lipinski definition) is 3. The number of benzene rings is 1. The number of nitrogens with zero attached hydrogens (tertiary/aromatic N) is 4. The molecule has 3 heterocycles. The average Bonchev–Trinajstić information content (AvgIpc) is 3.44. The Labute approximate surface area is 183 Å². The maximum atomic E-state index is 13.2. The molecule has 2 aliphatic rings. The average molecular weight is 442 g/mol. The minimum atomic E-state index is -1.07. The van der Waals surface area contributed by atoms with Crippen molar-refractivity contribution in [3.63, 3.8) is 0 Å². The predicted molar refractivity (Wildman–Crippen MR) is 111 cm³/mol. The Balaban J connectivity index is 1.67. The summed E-state index contributed by atoms with van der Waals surface area (Å²) >= 11 is 0. The molecule has 4 atom stereocenters. The Bertz CT molecular complexity index is 1040. The molecule has 11 heteroatoms. The van der Waals surface area contributed by atoms with Gasteiger partial charge in [0.05, 0.1) is 30.7 Å². The lowest BCUT2D eigenvalue weighted by Crippen LogP contribution is -2.54. The zero-order valence-electron chi connectivity index (χ0n) is 17.1. The molecular formula is C21H23FN6O4. The number of ether oxygens (including phenoxy) is 1. The molecule has 32 heavy (non-hydrogen) atoms.